The lowest BCUT2D eigenvalue weighted by atomic mass is 10.1. The number of benzene rings is 2. The number of amides is 1. The van der Waals surface area contributed by atoms with Gasteiger partial charge in [0, 0.05) is 22.7 Å². The van der Waals surface area contributed by atoms with Crippen LogP contribution in [-0.2, 0) is 27.2 Å². The molecule has 0 saturated carbocycles. The lowest BCUT2D eigenvalue weighted by Gasteiger charge is -2.13. The van der Waals surface area contributed by atoms with E-state index in [4.69, 9.17) is 18.6 Å². The third kappa shape index (κ3) is 4.03. The van der Waals surface area contributed by atoms with Gasteiger partial charge in [0.2, 0.25) is 6.79 Å². The van der Waals surface area contributed by atoms with Gasteiger partial charge >= 0.3 is 5.97 Å². The molecule has 1 aliphatic rings. The van der Waals surface area contributed by atoms with Crippen LogP contribution < -0.4 is 14.8 Å². The van der Waals surface area contributed by atoms with Crippen molar-refractivity contribution in [3.8, 4) is 11.5 Å². The van der Waals surface area contributed by atoms with Gasteiger partial charge in [-0.05, 0) is 37.1 Å². The van der Waals surface area contributed by atoms with Crippen molar-refractivity contribution in [1.29, 1.82) is 0 Å². The normalized spacial score (nSPS) is 13.3. The summed E-state index contributed by atoms with van der Waals surface area (Å²) < 4.78 is 21.4. The van der Waals surface area contributed by atoms with E-state index in [0.29, 0.717) is 17.2 Å². The number of hydrogen-bond acceptors (Lipinski definition) is 6. The van der Waals surface area contributed by atoms with Gasteiger partial charge in [0.05, 0.1) is 12.7 Å². The number of anilines is 1. The minimum Gasteiger partial charge on any atom is -0.464 e. The van der Waals surface area contributed by atoms with Crippen molar-refractivity contribution in [2.45, 2.75) is 32.8 Å². The zero-order chi connectivity index (χ0) is 20.4. The number of nitrogens with one attached hydrogen (secondary N) is 1. The maximum Gasteiger partial charge on any atom is 0.311 e. The molecule has 0 saturated heterocycles. The number of aryl methyl sites for hydroxylation is 1. The molecule has 7 nitrogen and oxygen atoms in total. The topological polar surface area (TPSA) is 87.0 Å². The standard InChI is InChI=1S/C22H21NO6/c1-3-14-4-6-17-15(11-26-19(17)8-14)9-21(24)29-13(2)22(25)23-16-5-7-18-20(10-16)28-12-27-18/h4-8,10-11,13H,3,9,12H2,1-2H3,(H,23,25)/t13-/m0/s1. The Morgan fingerprint density at radius 3 is 2.79 bits per heavy atom. The van der Waals surface area contributed by atoms with E-state index in [1.54, 1.807) is 24.5 Å². The van der Waals surface area contributed by atoms with E-state index in [2.05, 4.69) is 12.2 Å². The molecule has 0 unspecified atom stereocenters. The van der Waals surface area contributed by atoms with Gasteiger partial charge in [-0.25, -0.2) is 0 Å². The highest BCUT2D eigenvalue weighted by atomic mass is 16.7. The van der Waals surface area contributed by atoms with Crippen LogP contribution in [-0.4, -0.2) is 24.8 Å². The fraction of sp³-hybridized carbons (Fsp3) is 0.273. The monoisotopic (exact) mass is 395 g/mol. The lowest BCUT2D eigenvalue weighted by Crippen LogP contribution is -2.30. The molecule has 4 rings (SSSR count). The molecule has 0 aliphatic carbocycles. The van der Waals surface area contributed by atoms with Crippen LogP contribution in [0.3, 0.4) is 0 Å². The summed E-state index contributed by atoms with van der Waals surface area (Å²) >= 11 is 0. The Labute approximate surface area is 167 Å². The Morgan fingerprint density at radius 1 is 1.14 bits per heavy atom. The van der Waals surface area contributed by atoms with E-state index >= 15 is 0 Å². The number of fused-ring (bicyclic) bond motifs is 2. The zero-order valence-corrected chi connectivity index (χ0v) is 16.2. The first kappa shape index (κ1) is 18.9. The predicted octanol–water partition coefficient (Wildman–Crippen LogP) is 3.84. The average Bonchev–Trinajstić information content (AvgIpc) is 3.34. The first-order valence-corrected chi connectivity index (χ1v) is 9.42. The Kier molecular flexibility index (Phi) is 5.12. The maximum atomic E-state index is 12.4. The van der Waals surface area contributed by atoms with E-state index in [-0.39, 0.29) is 13.2 Å². The van der Waals surface area contributed by atoms with Crippen molar-refractivity contribution in [2.75, 3.05) is 12.1 Å². The van der Waals surface area contributed by atoms with Crippen molar-refractivity contribution in [1.82, 2.24) is 0 Å². The molecule has 3 aromatic rings. The van der Waals surface area contributed by atoms with E-state index in [1.807, 2.05) is 18.2 Å². The highest BCUT2D eigenvalue weighted by molar-refractivity contribution is 5.95. The minimum absolute atomic E-state index is 0.0279. The maximum absolute atomic E-state index is 12.4. The number of carbonyl (C=O) groups excluding carboxylic acids is 2. The minimum atomic E-state index is -0.946. The number of rotatable bonds is 6. The quantitative estimate of drug-likeness (QED) is 0.638. The fourth-order valence-electron chi connectivity index (χ4n) is 3.15. The summed E-state index contributed by atoms with van der Waals surface area (Å²) in [6.45, 7) is 3.75. The first-order chi connectivity index (χ1) is 14.0. The average molecular weight is 395 g/mol. The highest BCUT2D eigenvalue weighted by Gasteiger charge is 2.21. The van der Waals surface area contributed by atoms with Crippen molar-refractivity contribution in [3.63, 3.8) is 0 Å². The van der Waals surface area contributed by atoms with E-state index in [9.17, 15) is 9.59 Å². The smallest absolute Gasteiger partial charge is 0.311 e. The number of carbonyl (C=O) groups is 2. The van der Waals surface area contributed by atoms with E-state index < -0.39 is 18.0 Å². The van der Waals surface area contributed by atoms with Gasteiger partial charge in [-0.3, -0.25) is 9.59 Å². The largest absolute Gasteiger partial charge is 0.464 e. The first-order valence-electron chi connectivity index (χ1n) is 9.42. The third-order valence-corrected chi connectivity index (χ3v) is 4.78. The number of furan rings is 1. The van der Waals surface area contributed by atoms with Crippen molar-refractivity contribution < 1.29 is 28.2 Å². The summed E-state index contributed by atoms with van der Waals surface area (Å²) in [7, 11) is 0. The van der Waals surface area contributed by atoms with Crippen LogP contribution >= 0.6 is 0 Å². The van der Waals surface area contributed by atoms with Crippen LogP contribution in [0.1, 0.15) is 25.0 Å². The summed E-state index contributed by atoms with van der Waals surface area (Å²) in [4.78, 5) is 24.7. The molecular weight excluding hydrogens is 374 g/mol. The molecule has 0 radical (unpaired) electrons. The van der Waals surface area contributed by atoms with Crippen LogP contribution in [0.15, 0.2) is 47.1 Å². The number of hydrogen-bond donors (Lipinski definition) is 1. The van der Waals surface area contributed by atoms with Crippen molar-refractivity contribution in [3.05, 3.63) is 53.8 Å². The van der Waals surface area contributed by atoms with Crippen LogP contribution in [0, 0.1) is 0 Å². The second-order valence-electron chi connectivity index (χ2n) is 6.81. The molecule has 1 N–H and O–H groups in total. The molecule has 1 atom stereocenters. The van der Waals surface area contributed by atoms with Gasteiger partial charge in [-0.1, -0.05) is 19.1 Å². The lowest BCUT2D eigenvalue weighted by molar-refractivity contribution is -0.152. The molecule has 150 valence electrons. The molecule has 0 fully saturated rings. The molecule has 0 spiro atoms. The Bertz CT molecular complexity index is 1070. The predicted molar refractivity (Wildman–Crippen MR) is 106 cm³/mol. The van der Waals surface area contributed by atoms with Crippen LogP contribution in [0.2, 0.25) is 0 Å². The Morgan fingerprint density at radius 2 is 1.97 bits per heavy atom. The SMILES string of the molecule is CCc1ccc2c(CC(=O)O[C@@H](C)C(=O)Nc3ccc4c(c3)OCO4)coc2c1. The second-order valence-corrected chi connectivity index (χ2v) is 6.81. The van der Waals surface area contributed by atoms with E-state index in [0.717, 1.165) is 28.5 Å². The molecule has 1 aliphatic heterocycles. The summed E-state index contributed by atoms with van der Waals surface area (Å²) in [6, 6.07) is 11.0. The molecule has 0 bridgehead atoms. The summed E-state index contributed by atoms with van der Waals surface area (Å²) in [5, 5.41) is 3.58. The number of esters is 1. The van der Waals surface area contributed by atoms with Crippen molar-refractivity contribution in [2.24, 2.45) is 0 Å². The second kappa shape index (κ2) is 7.87. The highest BCUT2D eigenvalue weighted by Crippen LogP contribution is 2.34. The molecule has 29 heavy (non-hydrogen) atoms. The van der Waals surface area contributed by atoms with Gasteiger partial charge in [-0.15, -0.1) is 0 Å². The van der Waals surface area contributed by atoms with Crippen molar-refractivity contribution >= 4 is 28.5 Å². The van der Waals surface area contributed by atoms with Gasteiger partial charge in [0.15, 0.2) is 17.6 Å². The summed E-state index contributed by atoms with van der Waals surface area (Å²) in [5.41, 5.74) is 3.17. The summed E-state index contributed by atoms with van der Waals surface area (Å²) in [6.07, 6.45) is 1.55. The molecule has 2 heterocycles. The zero-order valence-electron chi connectivity index (χ0n) is 16.2. The molecule has 1 aromatic heterocycles. The van der Waals surface area contributed by atoms with Gasteiger partial charge in [0.25, 0.3) is 5.91 Å². The van der Waals surface area contributed by atoms with Crippen LogP contribution in [0.25, 0.3) is 11.0 Å². The van der Waals surface area contributed by atoms with Crippen LogP contribution in [0.4, 0.5) is 5.69 Å². The van der Waals surface area contributed by atoms with Gasteiger partial charge in [-0.2, -0.15) is 0 Å². The number of ether oxygens (including phenoxy) is 3. The molecule has 7 heteroatoms. The Hall–Kier alpha value is -3.48. The fourth-order valence-corrected chi connectivity index (χ4v) is 3.15. The van der Waals surface area contributed by atoms with E-state index in [1.165, 1.54) is 6.92 Å². The molecule has 2 aromatic carbocycles. The van der Waals surface area contributed by atoms with Crippen LogP contribution in [0.5, 0.6) is 11.5 Å². The molecule has 1 amide bonds. The third-order valence-electron chi connectivity index (χ3n) is 4.78. The van der Waals surface area contributed by atoms with Gasteiger partial charge in [0.1, 0.15) is 5.58 Å². The Balaban J connectivity index is 1.36. The summed E-state index contributed by atoms with van der Waals surface area (Å²) in [5.74, 6) is 0.258. The van der Waals surface area contributed by atoms with Gasteiger partial charge < -0.3 is 23.9 Å². The molecular formula is C22H21NO6.